The highest BCUT2D eigenvalue weighted by atomic mass is 16.5. The molecular formula is C15H23NO3. The van der Waals surface area contributed by atoms with Crippen LogP contribution in [0.1, 0.15) is 18.9 Å². The maximum Gasteiger partial charge on any atom is 0.103 e. The minimum Gasteiger partial charge on any atom is -0.396 e. The summed E-state index contributed by atoms with van der Waals surface area (Å²) in [6, 6.07) is 8.49. The minimum atomic E-state index is 0.122. The Kier molecular flexibility index (Phi) is 5.19. The number of hydrogen-bond donors (Lipinski definition) is 2. The zero-order valence-electron chi connectivity index (χ0n) is 11.6. The Morgan fingerprint density at radius 3 is 2.63 bits per heavy atom. The molecule has 0 aromatic heterocycles. The topological polar surface area (TPSA) is 50.7 Å². The SMILES string of the molecule is CCOC1CC(Nc2ccc(CCO)cc2)C1OC. The summed E-state index contributed by atoms with van der Waals surface area (Å²) < 4.78 is 11.1. The number of aliphatic hydroxyl groups is 1. The van der Waals surface area contributed by atoms with E-state index in [1.807, 2.05) is 31.2 Å². The van der Waals surface area contributed by atoms with Crippen LogP contribution in [0.4, 0.5) is 5.69 Å². The predicted octanol–water partition coefficient (Wildman–Crippen LogP) is 1.83. The second-order valence-corrected chi connectivity index (χ2v) is 4.85. The summed E-state index contributed by atoms with van der Waals surface area (Å²) in [6.45, 7) is 2.93. The van der Waals surface area contributed by atoms with Crippen LogP contribution in [0.5, 0.6) is 0 Å². The molecule has 0 bridgehead atoms. The zero-order valence-corrected chi connectivity index (χ0v) is 11.6. The summed E-state index contributed by atoms with van der Waals surface area (Å²) in [4.78, 5) is 0. The van der Waals surface area contributed by atoms with Crippen LogP contribution in [0.25, 0.3) is 0 Å². The number of nitrogens with one attached hydrogen (secondary N) is 1. The lowest BCUT2D eigenvalue weighted by Crippen LogP contribution is -2.56. The quantitative estimate of drug-likeness (QED) is 0.789. The van der Waals surface area contributed by atoms with Crippen molar-refractivity contribution in [1.82, 2.24) is 0 Å². The van der Waals surface area contributed by atoms with Gasteiger partial charge < -0.3 is 19.9 Å². The van der Waals surface area contributed by atoms with Crippen LogP contribution < -0.4 is 5.32 Å². The molecule has 4 heteroatoms. The van der Waals surface area contributed by atoms with Gasteiger partial charge in [0.15, 0.2) is 0 Å². The molecule has 106 valence electrons. The van der Waals surface area contributed by atoms with E-state index in [1.165, 1.54) is 0 Å². The summed E-state index contributed by atoms with van der Waals surface area (Å²) in [7, 11) is 1.73. The molecule has 0 amide bonds. The first-order valence-electron chi connectivity index (χ1n) is 6.89. The summed E-state index contributed by atoms with van der Waals surface area (Å²) in [5.41, 5.74) is 2.24. The van der Waals surface area contributed by atoms with Crippen LogP contribution in [0, 0.1) is 0 Å². The van der Waals surface area contributed by atoms with Crippen LogP contribution in [0.15, 0.2) is 24.3 Å². The number of aliphatic hydroxyl groups excluding tert-OH is 1. The van der Waals surface area contributed by atoms with Gasteiger partial charge in [0.25, 0.3) is 0 Å². The summed E-state index contributed by atoms with van der Waals surface area (Å²) in [5, 5.41) is 12.4. The Morgan fingerprint density at radius 1 is 1.32 bits per heavy atom. The third-order valence-corrected chi connectivity index (χ3v) is 3.61. The van der Waals surface area contributed by atoms with Crippen molar-refractivity contribution in [3.8, 4) is 0 Å². The van der Waals surface area contributed by atoms with Crippen molar-refractivity contribution in [3.05, 3.63) is 29.8 Å². The van der Waals surface area contributed by atoms with E-state index in [0.29, 0.717) is 12.5 Å². The molecule has 19 heavy (non-hydrogen) atoms. The van der Waals surface area contributed by atoms with Crippen LogP contribution in [-0.2, 0) is 15.9 Å². The molecule has 2 rings (SSSR count). The highest BCUT2D eigenvalue weighted by molar-refractivity contribution is 5.46. The Balaban J connectivity index is 1.87. The van der Waals surface area contributed by atoms with E-state index in [9.17, 15) is 0 Å². The first-order valence-corrected chi connectivity index (χ1v) is 6.89. The van der Waals surface area contributed by atoms with Gasteiger partial charge in [0, 0.05) is 26.0 Å². The lowest BCUT2D eigenvalue weighted by atomic mass is 9.85. The maximum absolute atomic E-state index is 8.88. The van der Waals surface area contributed by atoms with Gasteiger partial charge >= 0.3 is 0 Å². The van der Waals surface area contributed by atoms with Crippen LogP contribution >= 0.6 is 0 Å². The molecule has 0 spiro atoms. The molecule has 1 aromatic carbocycles. The number of rotatable bonds is 7. The predicted molar refractivity (Wildman–Crippen MR) is 75.5 cm³/mol. The molecule has 4 nitrogen and oxygen atoms in total. The van der Waals surface area contributed by atoms with E-state index in [-0.39, 0.29) is 18.8 Å². The number of hydrogen-bond acceptors (Lipinski definition) is 4. The molecule has 0 aliphatic heterocycles. The smallest absolute Gasteiger partial charge is 0.103 e. The fraction of sp³-hybridized carbons (Fsp3) is 0.600. The van der Waals surface area contributed by atoms with Gasteiger partial charge in [-0.15, -0.1) is 0 Å². The van der Waals surface area contributed by atoms with Gasteiger partial charge in [-0.2, -0.15) is 0 Å². The molecule has 2 N–H and O–H groups in total. The van der Waals surface area contributed by atoms with Crippen molar-refractivity contribution in [2.75, 3.05) is 25.6 Å². The van der Waals surface area contributed by atoms with Crippen molar-refractivity contribution < 1.29 is 14.6 Å². The Morgan fingerprint density at radius 2 is 2.05 bits per heavy atom. The van der Waals surface area contributed by atoms with Gasteiger partial charge in [-0.1, -0.05) is 12.1 Å². The molecule has 3 unspecified atom stereocenters. The van der Waals surface area contributed by atoms with E-state index in [2.05, 4.69) is 5.32 Å². The molecule has 0 saturated heterocycles. The normalized spacial score (nSPS) is 25.9. The monoisotopic (exact) mass is 265 g/mol. The first kappa shape index (κ1) is 14.3. The van der Waals surface area contributed by atoms with E-state index < -0.39 is 0 Å². The third-order valence-electron chi connectivity index (χ3n) is 3.61. The molecule has 1 saturated carbocycles. The molecular weight excluding hydrogens is 242 g/mol. The molecule has 0 heterocycles. The van der Waals surface area contributed by atoms with Crippen LogP contribution in [0.2, 0.25) is 0 Å². The van der Waals surface area contributed by atoms with Gasteiger partial charge in [-0.25, -0.2) is 0 Å². The third kappa shape index (κ3) is 3.47. The fourth-order valence-corrected chi connectivity index (χ4v) is 2.53. The lowest BCUT2D eigenvalue weighted by molar-refractivity contribution is -0.118. The maximum atomic E-state index is 8.88. The number of anilines is 1. The average molecular weight is 265 g/mol. The summed E-state index contributed by atoms with van der Waals surface area (Å²) in [6.07, 6.45) is 2.01. The van der Waals surface area contributed by atoms with Crippen molar-refractivity contribution in [3.63, 3.8) is 0 Å². The second kappa shape index (κ2) is 6.89. The van der Waals surface area contributed by atoms with Gasteiger partial charge in [-0.05, 0) is 37.5 Å². The Bertz CT molecular complexity index is 379. The van der Waals surface area contributed by atoms with Crippen molar-refractivity contribution >= 4 is 5.69 Å². The molecule has 1 fully saturated rings. The van der Waals surface area contributed by atoms with E-state index in [1.54, 1.807) is 7.11 Å². The van der Waals surface area contributed by atoms with E-state index in [4.69, 9.17) is 14.6 Å². The first-order chi connectivity index (χ1) is 9.28. The van der Waals surface area contributed by atoms with Gasteiger partial charge in [0.1, 0.15) is 6.10 Å². The lowest BCUT2D eigenvalue weighted by Gasteiger charge is -2.43. The number of benzene rings is 1. The molecule has 0 radical (unpaired) electrons. The summed E-state index contributed by atoms with van der Waals surface area (Å²) in [5.74, 6) is 0. The number of methoxy groups -OCH3 is 1. The zero-order chi connectivity index (χ0) is 13.7. The largest absolute Gasteiger partial charge is 0.396 e. The molecule has 3 atom stereocenters. The average Bonchev–Trinajstić information content (AvgIpc) is 2.40. The van der Waals surface area contributed by atoms with Crippen LogP contribution in [-0.4, -0.2) is 43.7 Å². The molecule has 1 aliphatic rings. The second-order valence-electron chi connectivity index (χ2n) is 4.85. The van der Waals surface area contributed by atoms with Crippen LogP contribution in [0.3, 0.4) is 0 Å². The minimum absolute atomic E-state index is 0.122. The van der Waals surface area contributed by atoms with Gasteiger partial charge in [0.2, 0.25) is 0 Å². The Labute approximate surface area is 114 Å². The van der Waals surface area contributed by atoms with E-state index in [0.717, 1.165) is 24.3 Å². The van der Waals surface area contributed by atoms with Crippen molar-refractivity contribution in [2.24, 2.45) is 0 Å². The Hall–Kier alpha value is -1.10. The van der Waals surface area contributed by atoms with Crippen molar-refractivity contribution in [2.45, 2.75) is 38.0 Å². The standard InChI is InChI=1S/C15H23NO3/c1-3-19-14-10-13(15(14)18-2)16-12-6-4-11(5-7-12)8-9-17/h4-7,13-17H,3,8-10H2,1-2H3. The fourth-order valence-electron chi connectivity index (χ4n) is 2.53. The van der Waals surface area contributed by atoms with E-state index >= 15 is 0 Å². The molecule has 1 aliphatic carbocycles. The summed E-state index contributed by atoms with van der Waals surface area (Å²) >= 11 is 0. The highest BCUT2D eigenvalue weighted by Gasteiger charge is 2.42. The van der Waals surface area contributed by atoms with Gasteiger partial charge in [0.05, 0.1) is 12.1 Å². The molecule has 1 aromatic rings. The van der Waals surface area contributed by atoms with Gasteiger partial charge in [-0.3, -0.25) is 0 Å². The highest BCUT2D eigenvalue weighted by Crippen LogP contribution is 2.29. The van der Waals surface area contributed by atoms with Crippen molar-refractivity contribution in [1.29, 1.82) is 0 Å². The number of ether oxygens (including phenoxy) is 2.